The van der Waals surface area contributed by atoms with E-state index in [-0.39, 0.29) is 17.9 Å². The van der Waals surface area contributed by atoms with Crippen LogP contribution in [0.25, 0.3) is 22.0 Å². The fourth-order valence-corrected chi connectivity index (χ4v) is 3.14. The van der Waals surface area contributed by atoms with Gasteiger partial charge in [-0.2, -0.15) is 0 Å². The minimum atomic E-state index is -0.281. The second-order valence-corrected chi connectivity index (χ2v) is 6.64. The topological polar surface area (TPSA) is 52.0 Å². The monoisotopic (exact) mass is 374 g/mol. The third-order valence-electron chi connectivity index (χ3n) is 4.41. The average molecular weight is 375 g/mol. The zero-order valence-electron chi connectivity index (χ0n) is 14.3. The molecule has 0 bridgehead atoms. The van der Waals surface area contributed by atoms with Crippen molar-refractivity contribution in [2.75, 3.05) is 0 Å². The van der Waals surface area contributed by atoms with Gasteiger partial charge in [0.1, 0.15) is 0 Å². The van der Waals surface area contributed by atoms with Gasteiger partial charge in [0.25, 0.3) is 5.56 Å². The molecule has 0 saturated carbocycles. The molecule has 0 aliphatic carbocycles. The molecule has 0 atom stereocenters. The van der Waals surface area contributed by atoms with Gasteiger partial charge in [-0.3, -0.25) is 14.2 Å². The van der Waals surface area contributed by atoms with Crippen LogP contribution in [-0.2, 0) is 6.54 Å². The highest BCUT2D eigenvalue weighted by molar-refractivity contribution is 6.31. The van der Waals surface area contributed by atoms with E-state index in [1.54, 1.807) is 30.3 Å². The molecule has 0 amide bonds. The molecule has 0 aliphatic rings. The molecule has 0 spiro atoms. The summed E-state index contributed by atoms with van der Waals surface area (Å²) in [5.74, 6) is -0.153. The van der Waals surface area contributed by atoms with Crippen LogP contribution in [0.2, 0.25) is 5.02 Å². The smallest absolute Gasteiger partial charge is 0.261 e. The van der Waals surface area contributed by atoms with Gasteiger partial charge in [-0.05, 0) is 29.3 Å². The van der Waals surface area contributed by atoms with E-state index in [2.05, 4.69) is 4.98 Å². The highest BCUT2D eigenvalue weighted by atomic mass is 35.5. The van der Waals surface area contributed by atoms with E-state index in [0.29, 0.717) is 21.5 Å². The molecular formula is C22H15ClN2O2. The summed E-state index contributed by atoms with van der Waals surface area (Å²) in [4.78, 5) is 29.4. The van der Waals surface area contributed by atoms with Gasteiger partial charge in [0.05, 0.1) is 23.8 Å². The number of aromatic nitrogens is 2. The summed E-state index contributed by atoms with van der Waals surface area (Å²) < 4.78 is 1.31. The average Bonchev–Trinajstić information content (AvgIpc) is 2.71. The first-order valence-corrected chi connectivity index (χ1v) is 8.83. The zero-order valence-corrected chi connectivity index (χ0v) is 15.1. The van der Waals surface area contributed by atoms with E-state index in [4.69, 9.17) is 11.6 Å². The van der Waals surface area contributed by atoms with Crippen molar-refractivity contribution < 1.29 is 4.79 Å². The summed E-state index contributed by atoms with van der Waals surface area (Å²) in [6.07, 6.45) is 1.40. The largest absolute Gasteiger partial charge is 0.292 e. The molecule has 4 nitrogen and oxygen atoms in total. The number of benzene rings is 3. The first kappa shape index (κ1) is 17.2. The quantitative estimate of drug-likeness (QED) is 0.490. The highest BCUT2D eigenvalue weighted by Gasteiger charge is 2.11. The van der Waals surface area contributed by atoms with E-state index in [9.17, 15) is 9.59 Å². The van der Waals surface area contributed by atoms with Crippen molar-refractivity contribution in [1.29, 1.82) is 0 Å². The molecule has 5 heteroatoms. The fraction of sp³-hybridized carbons (Fsp3) is 0.0455. The van der Waals surface area contributed by atoms with Crippen LogP contribution < -0.4 is 5.56 Å². The van der Waals surface area contributed by atoms with E-state index in [1.807, 2.05) is 42.5 Å². The minimum Gasteiger partial charge on any atom is -0.292 e. The molecular weight excluding hydrogens is 360 g/mol. The Morgan fingerprint density at radius 3 is 2.37 bits per heavy atom. The summed E-state index contributed by atoms with van der Waals surface area (Å²) in [5, 5.41) is 0.860. The molecule has 132 valence electrons. The van der Waals surface area contributed by atoms with Crippen molar-refractivity contribution in [3.63, 3.8) is 0 Å². The molecule has 0 unspecified atom stereocenters. The number of hydrogen-bond acceptors (Lipinski definition) is 3. The Labute approximate surface area is 160 Å². The van der Waals surface area contributed by atoms with Gasteiger partial charge >= 0.3 is 0 Å². The predicted octanol–water partition coefficient (Wildman–Crippen LogP) is 4.60. The molecule has 27 heavy (non-hydrogen) atoms. The maximum Gasteiger partial charge on any atom is 0.261 e. The molecule has 0 N–H and O–H groups in total. The molecule has 4 rings (SSSR count). The summed E-state index contributed by atoms with van der Waals surface area (Å²) in [6.45, 7) is -0.0705. The van der Waals surface area contributed by atoms with Gasteiger partial charge in [0.2, 0.25) is 0 Å². The van der Waals surface area contributed by atoms with Gasteiger partial charge in [0.15, 0.2) is 5.78 Å². The van der Waals surface area contributed by atoms with Crippen LogP contribution in [0.4, 0.5) is 0 Å². The van der Waals surface area contributed by atoms with Gasteiger partial charge in [0, 0.05) is 10.6 Å². The summed E-state index contributed by atoms with van der Waals surface area (Å²) in [5.41, 5.74) is 2.94. The molecule has 0 radical (unpaired) electrons. The maximum absolute atomic E-state index is 12.6. The normalized spacial score (nSPS) is 10.9. The molecule has 3 aromatic carbocycles. The summed E-state index contributed by atoms with van der Waals surface area (Å²) in [7, 11) is 0. The number of nitrogens with zero attached hydrogens (tertiary/aromatic N) is 2. The van der Waals surface area contributed by atoms with Crippen molar-refractivity contribution in [2.24, 2.45) is 0 Å². The minimum absolute atomic E-state index is 0.0705. The number of ketones is 1. The number of rotatable bonds is 4. The molecule has 1 heterocycles. The number of carbonyl (C=O) groups is 1. The fourth-order valence-electron chi connectivity index (χ4n) is 2.97. The molecule has 4 aromatic rings. The lowest BCUT2D eigenvalue weighted by Gasteiger charge is -2.07. The van der Waals surface area contributed by atoms with E-state index < -0.39 is 0 Å². The first-order valence-electron chi connectivity index (χ1n) is 8.45. The lowest BCUT2D eigenvalue weighted by atomic mass is 10.0. The number of halogens is 1. The van der Waals surface area contributed by atoms with Gasteiger partial charge in [-0.1, -0.05) is 66.2 Å². The number of Topliss-reactive ketones (excluding diaryl/α,β-unsaturated/α-hetero) is 1. The number of hydrogen-bond donors (Lipinski definition) is 0. The summed E-state index contributed by atoms with van der Waals surface area (Å²) >= 11 is 5.97. The Balaban J connectivity index is 1.60. The molecule has 0 aliphatic heterocycles. The van der Waals surface area contributed by atoms with Crippen molar-refractivity contribution in [3.05, 3.63) is 100 Å². The SMILES string of the molecule is O=C(Cn1cnc2ccc(Cl)cc2c1=O)c1ccc(-c2ccccc2)cc1. The summed E-state index contributed by atoms with van der Waals surface area (Å²) in [6, 6.07) is 22.2. The van der Waals surface area contributed by atoms with Crippen LogP contribution in [0.5, 0.6) is 0 Å². The lowest BCUT2D eigenvalue weighted by Crippen LogP contribution is -2.24. The van der Waals surface area contributed by atoms with Crippen LogP contribution in [0.15, 0.2) is 83.9 Å². The maximum atomic E-state index is 12.6. The first-order chi connectivity index (χ1) is 13.1. The number of carbonyl (C=O) groups excluding carboxylic acids is 1. The Kier molecular flexibility index (Phi) is 4.57. The highest BCUT2D eigenvalue weighted by Crippen LogP contribution is 2.19. The van der Waals surface area contributed by atoms with Crippen molar-refractivity contribution in [3.8, 4) is 11.1 Å². The van der Waals surface area contributed by atoms with Crippen molar-refractivity contribution >= 4 is 28.3 Å². The Bertz CT molecular complexity index is 1180. The van der Waals surface area contributed by atoms with Crippen LogP contribution in [-0.4, -0.2) is 15.3 Å². The zero-order chi connectivity index (χ0) is 18.8. The van der Waals surface area contributed by atoms with Crippen LogP contribution in [0.1, 0.15) is 10.4 Å². The Hall–Kier alpha value is -3.24. The second kappa shape index (κ2) is 7.17. The molecule has 0 fully saturated rings. The van der Waals surface area contributed by atoms with Gasteiger partial charge in [-0.25, -0.2) is 4.98 Å². The molecule has 0 saturated heterocycles. The van der Waals surface area contributed by atoms with Crippen LogP contribution in [0.3, 0.4) is 0 Å². The van der Waals surface area contributed by atoms with Crippen LogP contribution in [0, 0.1) is 0 Å². The van der Waals surface area contributed by atoms with Crippen LogP contribution >= 0.6 is 11.6 Å². The second-order valence-electron chi connectivity index (χ2n) is 6.21. The molecule has 1 aromatic heterocycles. The van der Waals surface area contributed by atoms with E-state index >= 15 is 0 Å². The standard InChI is InChI=1S/C22H15ClN2O2/c23-18-10-11-20-19(12-18)22(27)25(14-24-20)13-21(26)17-8-6-16(7-9-17)15-4-2-1-3-5-15/h1-12,14H,13H2. The lowest BCUT2D eigenvalue weighted by molar-refractivity contribution is 0.0970. The Morgan fingerprint density at radius 2 is 1.63 bits per heavy atom. The third kappa shape index (κ3) is 3.52. The predicted molar refractivity (Wildman–Crippen MR) is 107 cm³/mol. The van der Waals surface area contributed by atoms with E-state index in [0.717, 1.165) is 11.1 Å². The van der Waals surface area contributed by atoms with E-state index in [1.165, 1.54) is 10.9 Å². The van der Waals surface area contributed by atoms with Gasteiger partial charge < -0.3 is 0 Å². The Morgan fingerprint density at radius 1 is 0.926 bits per heavy atom. The van der Waals surface area contributed by atoms with Crippen molar-refractivity contribution in [2.45, 2.75) is 6.54 Å². The number of fused-ring (bicyclic) bond motifs is 1. The third-order valence-corrected chi connectivity index (χ3v) is 4.65. The van der Waals surface area contributed by atoms with Gasteiger partial charge in [-0.15, -0.1) is 0 Å². The van der Waals surface area contributed by atoms with Crippen molar-refractivity contribution in [1.82, 2.24) is 9.55 Å².